The van der Waals surface area contributed by atoms with E-state index in [1.807, 2.05) is 0 Å². The number of rotatable bonds is 8. The zero-order valence-corrected chi connectivity index (χ0v) is 24.7. The maximum atomic E-state index is 6.06. The summed E-state index contributed by atoms with van der Waals surface area (Å²) < 4.78 is 6.06. The molecule has 2 rings (SSSR count). The minimum absolute atomic E-state index is 0. The molecule has 2 aromatic carbocycles. The SMILES string of the molecule is CC(=Nc1c(C)cccc1C)C(CCCO[Si](C)(C)C)=Nc1c(C)cccc1C.[CH3-].[Ni][Br]. The third-order valence-corrected chi connectivity index (χ3v) is 5.99. The summed E-state index contributed by atoms with van der Waals surface area (Å²) in [5.41, 5.74) is 8.92. The van der Waals surface area contributed by atoms with Crippen molar-refractivity contribution in [2.45, 2.75) is 67.1 Å². The Bertz CT molecular complexity index is 880. The number of hydrogen-bond acceptors (Lipinski definition) is 3. The molecule has 2 aromatic rings. The van der Waals surface area contributed by atoms with Crippen molar-refractivity contribution in [3.05, 3.63) is 66.1 Å². The number of nitrogens with zero attached hydrogens (tertiary/aromatic N) is 2. The van der Waals surface area contributed by atoms with Gasteiger partial charge in [-0.2, -0.15) is 0 Å². The van der Waals surface area contributed by atoms with Crippen molar-refractivity contribution in [2.24, 2.45) is 9.98 Å². The van der Waals surface area contributed by atoms with Crippen molar-refractivity contribution in [1.82, 2.24) is 0 Å². The van der Waals surface area contributed by atoms with Crippen LogP contribution in [0, 0.1) is 35.1 Å². The van der Waals surface area contributed by atoms with Gasteiger partial charge in [0.05, 0.1) is 22.8 Å². The first-order valence-electron chi connectivity index (χ1n) is 10.6. The molecule has 3 nitrogen and oxygen atoms in total. The molecule has 0 aromatic heterocycles. The van der Waals surface area contributed by atoms with Gasteiger partial charge in [0, 0.05) is 6.61 Å². The van der Waals surface area contributed by atoms with Gasteiger partial charge in [-0.1, -0.05) is 36.4 Å². The van der Waals surface area contributed by atoms with E-state index in [0.717, 1.165) is 42.2 Å². The molecule has 0 N–H and O–H groups in total. The number of para-hydroxylation sites is 2. The van der Waals surface area contributed by atoms with Crippen molar-refractivity contribution in [2.75, 3.05) is 6.61 Å². The fourth-order valence-corrected chi connectivity index (χ4v) is 4.02. The Kier molecular flexibility index (Phi) is 14.5. The Balaban J connectivity index is 0.00000311. The second-order valence-corrected chi connectivity index (χ2v) is 13.3. The van der Waals surface area contributed by atoms with Gasteiger partial charge in [-0.15, -0.1) is 0 Å². The summed E-state index contributed by atoms with van der Waals surface area (Å²) in [5, 5.41) is 0. The van der Waals surface area contributed by atoms with Gasteiger partial charge in [0.2, 0.25) is 0 Å². The summed E-state index contributed by atoms with van der Waals surface area (Å²) in [6.07, 6.45) is 1.81. The van der Waals surface area contributed by atoms with Gasteiger partial charge in [-0.3, -0.25) is 9.98 Å². The van der Waals surface area contributed by atoms with Gasteiger partial charge in [0.1, 0.15) is 0 Å². The normalized spacial score (nSPS) is 12.1. The van der Waals surface area contributed by atoms with Crippen LogP contribution in [0.2, 0.25) is 19.6 Å². The number of halogens is 1. The van der Waals surface area contributed by atoms with E-state index in [1.54, 1.807) is 0 Å². The monoisotopic (exact) mass is 560 g/mol. The van der Waals surface area contributed by atoms with E-state index in [0.29, 0.717) is 0 Å². The molecule has 0 fully saturated rings. The molecule has 0 heterocycles. The molecule has 0 spiro atoms. The molecule has 0 saturated heterocycles. The van der Waals surface area contributed by atoms with Crippen molar-refractivity contribution >= 4 is 45.3 Å². The number of aryl methyl sites for hydroxylation is 4. The predicted octanol–water partition coefficient (Wildman–Crippen LogP) is 8.71. The standard InChI is InChI=1S/C25H36N2OSi.CH3.BrH.Ni/c1-18-12-9-13-19(2)24(18)26-22(5)23(16-11-17-28-29(6,7)8)27-25-20(3)14-10-15-21(25)4;;;/h9-10,12-15H,11,16-17H2,1-8H3;1H3;1H;/q;-1;;+1/p-1. The average molecular weight is 562 g/mol. The maximum absolute atomic E-state index is 6.06. The topological polar surface area (TPSA) is 34.0 Å². The summed E-state index contributed by atoms with van der Waals surface area (Å²) in [6.45, 7) is 18.0. The molecule has 0 aliphatic heterocycles. The zero-order valence-electron chi connectivity index (χ0n) is 21.1. The summed E-state index contributed by atoms with van der Waals surface area (Å²) in [6, 6.07) is 12.6. The van der Waals surface area contributed by atoms with Crippen LogP contribution in [-0.4, -0.2) is 26.3 Å². The summed E-state index contributed by atoms with van der Waals surface area (Å²) in [7, 11) is -1.49. The molecule has 0 saturated carbocycles. The van der Waals surface area contributed by atoms with Gasteiger partial charge in [-0.25, -0.2) is 0 Å². The van der Waals surface area contributed by atoms with Crippen LogP contribution in [0.4, 0.5) is 11.4 Å². The molecule has 0 radical (unpaired) electrons. The summed E-state index contributed by atoms with van der Waals surface area (Å²) in [5.74, 6) is 0. The molecule has 0 aliphatic rings. The fourth-order valence-electron chi connectivity index (χ4n) is 3.27. The third-order valence-electron chi connectivity index (χ3n) is 4.92. The van der Waals surface area contributed by atoms with Crippen LogP contribution in [0.5, 0.6) is 0 Å². The molecule has 0 bridgehead atoms. The van der Waals surface area contributed by atoms with Crippen LogP contribution in [-0.2, 0) is 18.1 Å². The molecule has 0 aliphatic carbocycles. The second kappa shape index (κ2) is 15.0. The van der Waals surface area contributed by atoms with Gasteiger partial charge < -0.3 is 11.9 Å². The van der Waals surface area contributed by atoms with Crippen molar-refractivity contribution in [1.29, 1.82) is 0 Å². The Morgan fingerprint density at radius 2 is 1.25 bits per heavy atom. The van der Waals surface area contributed by atoms with Crippen LogP contribution in [0.25, 0.3) is 0 Å². The van der Waals surface area contributed by atoms with Crippen molar-refractivity contribution in [3.63, 3.8) is 0 Å². The number of aliphatic imine (C=N–C) groups is 2. The summed E-state index contributed by atoms with van der Waals surface area (Å²) in [4.78, 5) is 10.1. The van der Waals surface area contributed by atoms with Gasteiger partial charge in [-0.05, 0) is 89.4 Å². The van der Waals surface area contributed by atoms with Gasteiger partial charge in [0.15, 0.2) is 8.32 Å². The number of hydrogen-bond donors (Lipinski definition) is 0. The first-order valence-corrected chi connectivity index (χ1v) is 16.4. The number of benzene rings is 2. The van der Waals surface area contributed by atoms with Crippen LogP contribution in [0.1, 0.15) is 42.0 Å². The van der Waals surface area contributed by atoms with E-state index in [1.165, 1.54) is 22.3 Å². The van der Waals surface area contributed by atoms with E-state index in [9.17, 15) is 0 Å². The Morgan fingerprint density at radius 3 is 1.66 bits per heavy atom. The van der Waals surface area contributed by atoms with Gasteiger partial charge in [0.25, 0.3) is 0 Å². The first-order chi connectivity index (χ1) is 14.6. The first kappa shape index (κ1) is 30.9. The predicted molar refractivity (Wildman–Crippen MR) is 146 cm³/mol. The van der Waals surface area contributed by atoms with Crippen LogP contribution in [0.15, 0.2) is 46.4 Å². The van der Waals surface area contributed by atoms with E-state index in [-0.39, 0.29) is 7.43 Å². The summed E-state index contributed by atoms with van der Waals surface area (Å²) >= 11 is 6.25. The Morgan fingerprint density at radius 1 is 0.844 bits per heavy atom. The van der Waals surface area contributed by atoms with E-state index >= 15 is 0 Å². The zero-order chi connectivity index (χ0) is 23.6. The molecule has 6 heteroatoms. The van der Waals surface area contributed by atoms with Gasteiger partial charge >= 0.3 is 27.9 Å². The quantitative estimate of drug-likeness (QED) is 0.137. The minimum atomic E-state index is -1.49. The second-order valence-electron chi connectivity index (χ2n) is 8.80. The molecule has 181 valence electrons. The van der Waals surface area contributed by atoms with Crippen LogP contribution in [0.3, 0.4) is 0 Å². The van der Waals surface area contributed by atoms with Crippen molar-refractivity contribution in [3.8, 4) is 0 Å². The Hall–Kier alpha value is -1.07. The fraction of sp³-hybridized carbons (Fsp3) is 0.423. The van der Waals surface area contributed by atoms with Crippen LogP contribution >= 0.6 is 14.2 Å². The third kappa shape index (κ3) is 10.2. The molecule has 32 heavy (non-hydrogen) atoms. The van der Waals surface area contributed by atoms with E-state index in [2.05, 4.69) is 119 Å². The van der Waals surface area contributed by atoms with E-state index < -0.39 is 8.32 Å². The molecular formula is C26H39BrN2NiOSi-. The molecule has 0 amide bonds. The van der Waals surface area contributed by atoms with E-state index in [4.69, 9.17) is 14.4 Å². The molecule has 0 atom stereocenters. The molecular weight excluding hydrogens is 523 g/mol. The average Bonchev–Trinajstić information content (AvgIpc) is 2.70. The van der Waals surface area contributed by atoms with Crippen molar-refractivity contribution < 1.29 is 18.1 Å². The molecule has 0 unspecified atom stereocenters. The van der Waals surface area contributed by atoms with Crippen LogP contribution < -0.4 is 0 Å². The Labute approximate surface area is 212 Å².